The second-order valence-electron chi connectivity index (χ2n) is 4.54. The number of nitrogens with zero attached hydrogens (tertiary/aromatic N) is 1. The highest BCUT2D eigenvalue weighted by molar-refractivity contribution is 8.00. The predicted molar refractivity (Wildman–Crippen MR) is 64.1 cm³/mol. The smallest absolute Gasteiger partial charge is 0.227 e. The van der Waals surface area contributed by atoms with Crippen molar-refractivity contribution >= 4 is 17.7 Å². The maximum atomic E-state index is 12.2. The van der Waals surface area contributed by atoms with Gasteiger partial charge >= 0.3 is 0 Å². The van der Waals surface area contributed by atoms with Crippen molar-refractivity contribution in [3.63, 3.8) is 0 Å². The number of hydrogen-bond acceptors (Lipinski definition) is 3. The van der Waals surface area contributed by atoms with Gasteiger partial charge in [0.05, 0.1) is 5.92 Å². The molecule has 2 fully saturated rings. The van der Waals surface area contributed by atoms with Gasteiger partial charge in [-0.1, -0.05) is 6.92 Å². The third kappa shape index (κ3) is 2.31. The molecule has 2 aliphatic heterocycles. The molecule has 1 N–H and O–H groups in total. The van der Waals surface area contributed by atoms with Crippen molar-refractivity contribution < 1.29 is 4.79 Å². The van der Waals surface area contributed by atoms with Crippen molar-refractivity contribution in [2.75, 3.05) is 25.4 Å². The summed E-state index contributed by atoms with van der Waals surface area (Å²) in [7, 11) is 0. The molecule has 86 valence electrons. The van der Waals surface area contributed by atoms with Gasteiger partial charge in [0.1, 0.15) is 0 Å². The summed E-state index contributed by atoms with van der Waals surface area (Å²) >= 11 is 1.98. The Kier molecular flexibility index (Phi) is 3.57. The maximum Gasteiger partial charge on any atom is 0.227 e. The molecule has 0 bridgehead atoms. The van der Waals surface area contributed by atoms with Crippen LogP contribution in [0.15, 0.2) is 0 Å². The lowest BCUT2D eigenvalue weighted by Gasteiger charge is -2.38. The summed E-state index contributed by atoms with van der Waals surface area (Å²) in [6.07, 6.45) is 1.02. The molecule has 1 amide bonds. The van der Waals surface area contributed by atoms with Crippen LogP contribution >= 0.6 is 11.8 Å². The molecule has 2 unspecified atom stereocenters. The lowest BCUT2D eigenvalue weighted by atomic mass is 10.1. The lowest BCUT2D eigenvalue weighted by Crippen LogP contribution is -2.50. The van der Waals surface area contributed by atoms with E-state index in [2.05, 4.69) is 24.1 Å². The average molecular weight is 228 g/mol. The summed E-state index contributed by atoms with van der Waals surface area (Å²) in [6, 6.07) is 0.400. The van der Waals surface area contributed by atoms with Gasteiger partial charge in [0.15, 0.2) is 0 Å². The Morgan fingerprint density at radius 3 is 2.93 bits per heavy atom. The third-order valence-corrected chi connectivity index (χ3v) is 4.91. The normalized spacial score (nSPS) is 36.9. The Morgan fingerprint density at radius 2 is 2.27 bits per heavy atom. The summed E-state index contributed by atoms with van der Waals surface area (Å²) in [5, 5.41) is 3.85. The van der Waals surface area contributed by atoms with E-state index in [1.54, 1.807) is 0 Å². The van der Waals surface area contributed by atoms with Crippen LogP contribution in [0, 0.1) is 5.92 Å². The first-order chi connectivity index (χ1) is 7.20. The van der Waals surface area contributed by atoms with Gasteiger partial charge in [0, 0.05) is 30.1 Å². The quantitative estimate of drug-likeness (QED) is 0.725. The number of hydrogen-bond donors (Lipinski definition) is 1. The van der Waals surface area contributed by atoms with E-state index in [9.17, 15) is 4.79 Å². The molecule has 2 rings (SSSR count). The first-order valence-electron chi connectivity index (χ1n) is 5.83. The Morgan fingerprint density at radius 1 is 1.47 bits per heavy atom. The Bertz CT molecular complexity index is 241. The van der Waals surface area contributed by atoms with Crippen LogP contribution in [-0.2, 0) is 4.79 Å². The van der Waals surface area contributed by atoms with Crippen LogP contribution in [0.3, 0.4) is 0 Å². The van der Waals surface area contributed by atoms with E-state index < -0.39 is 0 Å². The van der Waals surface area contributed by atoms with Crippen LogP contribution in [-0.4, -0.2) is 47.5 Å². The molecule has 2 aliphatic rings. The average Bonchev–Trinajstić information content (AvgIpc) is 2.74. The molecular formula is C11H20N2OS. The molecule has 2 saturated heterocycles. The van der Waals surface area contributed by atoms with Crippen molar-refractivity contribution in [1.29, 1.82) is 0 Å². The maximum absolute atomic E-state index is 12.2. The molecule has 2 heterocycles. The van der Waals surface area contributed by atoms with Crippen molar-refractivity contribution in [3.8, 4) is 0 Å². The number of thioether (sulfide) groups is 1. The van der Waals surface area contributed by atoms with E-state index in [1.807, 2.05) is 11.8 Å². The molecule has 0 radical (unpaired) electrons. The Hall–Kier alpha value is -0.220. The minimum absolute atomic E-state index is 0.239. The van der Waals surface area contributed by atoms with E-state index in [0.717, 1.165) is 31.8 Å². The van der Waals surface area contributed by atoms with Crippen molar-refractivity contribution in [1.82, 2.24) is 10.2 Å². The largest absolute Gasteiger partial charge is 0.338 e. The standard InChI is InChI=1S/C11H20N2OS/c1-8-9(2)15-6-5-13(8)11(14)10-3-4-12-7-10/h8-10,12H,3-7H2,1-2H3/t8?,9?,10-/m1/s1. The fraction of sp³-hybridized carbons (Fsp3) is 0.909. The van der Waals surface area contributed by atoms with Gasteiger partial charge in [0.2, 0.25) is 5.91 Å². The Labute approximate surface area is 96.0 Å². The molecule has 0 aromatic rings. The van der Waals surface area contributed by atoms with Gasteiger partial charge < -0.3 is 10.2 Å². The van der Waals surface area contributed by atoms with Crippen molar-refractivity contribution in [2.45, 2.75) is 31.6 Å². The van der Waals surface area contributed by atoms with Crippen LogP contribution in [0.2, 0.25) is 0 Å². The summed E-state index contributed by atoms with van der Waals surface area (Å²) < 4.78 is 0. The van der Waals surface area contributed by atoms with Crippen LogP contribution in [0.25, 0.3) is 0 Å². The first kappa shape index (κ1) is 11.3. The SMILES string of the molecule is CC1SCCN(C(=O)[C@@H]2CCNC2)C1C. The van der Waals surface area contributed by atoms with E-state index in [-0.39, 0.29) is 5.92 Å². The summed E-state index contributed by atoms with van der Waals surface area (Å²) in [5.74, 6) is 1.71. The van der Waals surface area contributed by atoms with Gasteiger partial charge in [-0.3, -0.25) is 4.79 Å². The summed E-state index contributed by atoms with van der Waals surface area (Å²) in [4.78, 5) is 14.3. The van der Waals surface area contributed by atoms with E-state index in [4.69, 9.17) is 0 Å². The van der Waals surface area contributed by atoms with Crippen LogP contribution < -0.4 is 5.32 Å². The Balaban J connectivity index is 1.98. The fourth-order valence-electron chi connectivity index (χ4n) is 2.34. The van der Waals surface area contributed by atoms with Gasteiger partial charge in [-0.15, -0.1) is 0 Å². The number of nitrogens with one attached hydrogen (secondary N) is 1. The van der Waals surface area contributed by atoms with Crippen LogP contribution in [0.4, 0.5) is 0 Å². The van der Waals surface area contributed by atoms with E-state index >= 15 is 0 Å². The predicted octanol–water partition coefficient (Wildman–Crippen LogP) is 0.948. The third-order valence-electron chi connectivity index (χ3n) is 3.58. The molecule has 3 nitrogen and oxygen atoms in total. The molecule has 0 saturated carbocycles. The van der Waals surface area contributed by atoms with Crippen molar-refractivity contribution in [2.24, 2.45) is 5.92 Å². The monoisotopic (exact) mass is 228 g/mol. The zero-order chi connectivity index (χ0) is 10.8. The highest BCUT2D eigenvalue weighted by Crippen LogP contribution is 2.26. The van der Waals surface area contributed by atoms with E-state index in [0.29, 0.717) is 17.2 Å². The fourth-order valence-corrected chi connectivity index (χ4v) is 3.44. The summed E-state index contributed by atoms with van der Waals surface area (Å²) in [6.45, 7) is 7.22. The molecule has 0 aliphatic carbocycles. The highest BCUT2D eigenvalue weighted by atomic mass is 32.2. The second-order valence-corrected chi connectivity index (χ2v) is 6.02. The van der Waals surface area contributed by atoms with Gasteiger partial charge in [-0.25, -0.2) is 0 Å². The molecule has 4 heteroatoms. The number of rotatable bonds is 1. The molecule has 3 atom stereocenters. The number of carbonyl (C=O) groups excluding carboxylic acids is 1. The van der Waals surface area contributed by atoms with E-state index in [1.165, 1.54) is 0 Å². The summed E-state index contributed by atoms with van der Waals surface area (Å²) in [5.41, 5.74) is 0. The molecule has 0 spiro atoms. The van der Waals surface area contributed by atoms with Gasteiger partial charge in [0.25, 0.3) is 0 Å². The molecule has 15 heavy (non-hydrogen) atoms. The zero-order valence-electron chi connectivity index (χ0n) is 9.53. The minimum Gasteiger partial charge on any atom is -0.338 e. The topological polar surface area (TPSA) is 32.3 Å². The molecule has 0 aromatic carbocycles. The van der Waals surface area contributed by atoms with Crippen LogP contribution in [0.5, 0.6) is 0 Å². The zero-order valence-corrected chi connectivity index (χ0v) is 10.3. The lowest BCUT2D eigenvalue weighted by molar-refractivity contribution is -0.136. The number of carbonyl (C=O) groups is 1. The second kappa shape index (κ2) is 4.74. The van der Waals surface area contributed by atoms with Gasteiger partial charge in [-0.2, -0.15) is 11.8 Å². The first-order valence-corrected chi connectivity index (χ1v) is 6.88. The van der Waals surface area contributed by atoms with Gasteiger partial charge in [-0.05, 0) is 19.9 Å². The van der Waals surface area contributed by atoms with Crippen molar-refractivity contribution in [3.05, 3.63) is 0 Å². The molecular weight excluding hydrogens is 208 g/mol. The number of amides is 1. The highest BCUT2D eigenvalue weighted by Gasteiger charge is 2.33. The minimum atomic E-state index is 0.239. The van der Waals surface area contributed by atoms with Crippen LogP contribution in [0.1, 0.15) is 20.3 Å². The molecule has 0 aromatic heterocycles.